The summed E-state index contributed by atoms with van der Waals surface area (Å²) in [5, 5.41) is 14.5. The third kappa shape index (κ3) is 2.86. The molecule has 0 amide bonds. The quantitative estimate of drug-likeness (QED) is 0.866. The van der Waals surface area contributed by atoms with E-state index in [9.17, 15) is 4.79 Å². The summed E-state index contributed by atoms with van der Waals surface area (Å²) in [7, 11) is 0. The maximum atomic E-state index is 10.7. The Labute approximate surface area is 108 Å². The predicted molar refractivity (Wildman–Crippen MR) is 65.9 cm³/mol. The van der Waals surface area contributed by atoms with Gasteiger partial charge >= 0.3 is 5.97 Å². The molecule has 0 saturated heterocycles. The molecule has 0 saturated carbocycles. The number of nitrogens with zero attached hydrogens (tertiary/aromatic N) is 3. The minimum absolute atomic E-state index is 0.264. The number of carboxylic acid groups (broad SMARTS) is 1. The number of hydrogen-bond donors (Lipinski definition) is 1. The van der Waals surface area contributed by atoms with Crippen LogP contribution in [0.2, 0.25) is 0 Å². The van der Waals surface area contributed by atoms with E-state index < -0.39 is 5.97 Å². The second-order valence-corrected chi connectivity index (χ2v) is 4.55. The number of rotatable bonds is 6. The first-order valence-corrected chi connectivity index (χ1v) is 6.40. The third-order valence-electron chi connectivity index (χ3n) is 2.29. The van der Waals surface area contributed by atoms with Crippen LogP contribution in [0.25, 0.3) is 0 Å². The number of aryl methyl sites for hydroxylation is 1. The van der Waals surface area contributed by atoms with E-state index in [2.05, 4.69) is 17.0 Å². The van der Waals surface area contributed by atoms with Crippen LogP contribution in [-0.2, 0) is 13.2 Å². The monoisotopic (exact) mass is 267 g/mol. The Hall–Kier alpha value is -1.89. The molecule has 6 nitrogen and oxygen atoms in total. The Morgan fingerprint density at radius 1 is 1.61 bits per heavy atom. The van der Waals surface area contributed by atoms with Crippen LogP contribution >= 0.6 is 11.3 Å². The first-order valence-electron chi connectivity index (χ1n) is 5.52. The lowest BCUT2D eigenvalue weighted by Crippen LogP contribution is -2.08. The zero-order valence-corrected chi connectivity index (χ0v) is 10.7. The molecule has 0 radical (unpaired) electrons. The zero-order chi connectivity index (χ0) is 13.0. The summed E-state index contributed by atoms with van der Waals surface area (Å²) >= 11 is 1.14. The molecule has 0 bridgehead atoms. The van der Waals surface area contributed by atoms with Crippen molar-refractivity contribution in [2.24, 2.45) is 0 Å². The molecule has 0 aliphatic carbocycles. The maximum absolute atomic E-state index is 10.7. The lowest BCUT2D eigenvalue weighted by Gasteiger charge is -2.05. The van der Waals surface area contributed by atoms with Crippen molar-refractivity contribution in [3.8, 4) is 5.75 Å². The molecule has 0 spiro atoms. The minimum atomic E-state index is -0.941. The fourth-order valence-electron chi connectivity index (χ4n) is 1.45. The Balaban J connectivity index is 1.97. The van der Waals surface area contributed by atoms with Crippen molar-refractivity contribution in [1.29, 1.82) is 0 Å². The Morgan fingerprint density at radius 3 is 3.11 bits per heavy atom. The van der Waals surface area contributed by atoms with Gasteiger partial charge in [-0.1, -0.05) is 6.92 Å². The van der Waals surface area contributed by atoms with E-state index >= 15 is 0 Å². The number of hydrogen-bond acceptors (Lipinski definition) is 5. The number of thiophene rings is 1. The normalized spacial score (nSPS) is 10.5. The summed E-state index contributed by atoms with van der Waals surface area (Å²) in [4.78, 5) is 15.1. The molecule has 0 unspecified atom stereocenters. The number of aromatic nitrogens is 3. The van der Waals surface area contributed by atoms with Crippen molar-refractivity contribution in [3.63, 3.8) is 0 Å². The van der Waals surface area contributed by atoms with Gasteiger partial charge in [-0.25, -0.2) is 14.5 Å². The molecule has 1 N–H and O–H groups in total. The van der Waals surface area contributed by atoms with Gasteiger partial charge in [0.15, 0.2) is 5.82 Å². The molecule has 2 rings (SSSR count). The number of aromatic carboxylic acids is 1. The smallest absolute Gasteiger partial charge is 0.346 e. The van der Waals surface area contributed by atoms with Crippen molar-refractivity contribution in [3.05, 3.63) is 28.5 Å². The molecule has 0 aliphatic rings. The molecular weight excluding hydrogens is 254 g/mol. The predicted octanol–water partition coefficient (Wildman–Crippen LogP) is 2.03. The minimum Gasteiger partial charge on any atom is -0.485 e. The van der Waals surface area contributed by atoms with Crippen LogP contribution in [0.3, 0.4) is 0 Å². The average molecular weight is 267 g/mol. The van der Waals surface area contributed by atoms with E-state index in [1.807, 2.05) is 0 Å². The Bertz CT molecular complexity index is 535. The Kier molecular flexibility index (Phi) is 3.93. The second-order valence-electron chi connectivity index (χ2n) is 3.64. The summed E-state index contributed by atoms with van der Waals surface area (Å²) in [6.07, 6.45) is 2.46. The highest BCUT2D eigenvalue weighted by Crippen LogP contribution is 2.22. The number of ether oxygens (including phenoxy) is 1. The van der Waals surface area contributed by atoms with Gasteiger partial charge in [0, 0.05) is 18.0 Å². The average Bonchev–Trinajstić information content (AvgIpc) is 2.95. The van der Waals surface area contributed by atoms with Gasteiger partial charge < -0.3 is 9.84 Å². The molecule has 0 fully saturated rings. The highest BCUT2D eigenvalue weighted by Gasteiger charge is 2.09. The Morgan fingerprint density at radius 2 is 2.44 bits per heavy atom. The molecular formula is C11H13N3O3S. The van der Waals surface area contributed by atoms with Gasteiger partial charge in [0.2, 0.25) is 0 Å². The fourth-order valence-corrected chi connectivity index (χ4v) is 2.12. The van der Waals surface area contributed by atoms with E-state index in [4.69, 9.17) is 9.84 Å². The van der Waals surface area contributed by atoms with Gasteiger partial charge in [0.25, 0.3) is 0 Å². The van der Waals surface area contributed by atoms with E-state index in [1.54, 1.807) is 10.1 Å². The van der Waals surface area contributed by atoms with Crippen LogP contribution in [-0.4, -0.2) is 25.8 Å². The van der Waals surface area contributed by atoms with Crippen LogP contribution in [0, 0.1) is 0 Å². The largest absolute Gasteiger partial charge is 0.485 e. The lowest BCUT2D eigenvalue weighted by molar-refractivity contribution is 0.0702. The summed E-state index contributed by atoms with van der Waals surface area (Å²) < 4.78 is 7.27. The highest BCUT2D eigenvalue weighted by atomic mass is 32.1. The van der Waals surface area contributed by atoms with Crippen LogP contribution in [0.4, 0.5) is 0 Å². The van der Waals surface area contributed by atoms with Crippen LogP contribution in [0.5, 0.6) is 5.75 Å². The maximum Gasteiger partial charge on any atom is 0.346 e. The van der Waals surface area contributed by atoms with Gasteiger partial charge in [0.1, 0.15) is 23.6 Å². The van der Waals surface area contributed by atoms with Crippen molar-refractivity contribution in [2.75, 3.05) is 0 Å². The van der Waals surface area contributed by atoms with Crippen LogP contribution < -0.4 is 4.74 Å². The van der Waals surface area contributed by atoms with E-state index in [0.717, 1.165) is 30.1 Å². The summed E-state index contributed by atoms with van der Waals surface area (Å²) in [6.45, 7) is 3.14. The van der Waals surface area contributed by atoms with E-state index in [1.165, 1.54) is 12.4 Å². The molecule has 96 valence electrons. The van der Waals surface area contributed by atoms with Crippen molar-refractivity contribution < 1.29 is 14.6 Å². The molecule has 18 heavy (non-hydrogen) atoms. The topological polar surface area (TPSA) is 77.2 Å². The molecule has 0 aromatic carbocycles. The highest BCUT2D eigenvalue weighted by molar-refractivity contribution is 7.12. The summed E-state index contributed by atoms with van der Waals surface area (Å²) in [5.41, 5.74) is 0. The van der Waals surface area contributed by atoms with Crippen LogP contribution in [0.15, 0.2) is 17.8 Å². The molecule has 2 aromatic heterocycles. The van der Waals surface area contributed by atoms with Crippen molar-refractivity contribution in [1.82, 2.24) is 14.8 Å². The standard InChI is InChI=1S/C11H13N3O3S/c1-2-3-14-10(12-7-13-14)5-17-8-4-9(11(15)16)18-6-8/h4,6-7H,2-3,5H2,1H3,(H,15,16). The zero-order valence-electron chi connectivity index (χ0n) is 9.87. The third-order valence-corrected chi connectivity index (χ3v) is 3.18. The SMILES string of the molecule is CCCn1ncnc1COc1csc(C(=O)O)c1. The van der Waals surface area contributed by atoms with Crippen molar-refractivity contribution in [2.45, 2.75) is 26.5 Å². The van der Waals surface area contributed by atoms with Gasteiger partial charge in [-0.15, -0.1) is 11.3 Å². The summed E-state index contributed by atoms with van der Waals surface area (Å²) in [6, 6.07) is 1.51. The van der Waals surface area contributed by atoms with E-state index in [0.29, 0.717) is 5.75 Å². The molecule has 7 heteroatoms. The molecule has 0 atom stereocenters. The van der Waals surface area contributed by atoms with Gasteiger partial charge in [-0.3, -0.25) is 0 Å². The van der Waals surface area contributed by atoms with Crippen molar-refractivity contribution >= 4 is 17.3 Å². The van der Waals surface area contributed by atoms with Gasteiger partial charge in [-0.05, 0) is 6.42 Å². The number of carboxylic acids is 1. The van der Waals surface area contributed by atoms with Gasteiger partial charge in [-0.2, -0.15) is 5.10 Å². The summed E-state index contributed by atoms with van der Waals surface area (Å²) in [5.74, 6) is 0.340. The lowest BCUT2D eigenvalue weighted by atomic mass is 10.4. The van der Waals surface area contributed by atoms with E-state index in [-0.39, 0.29) is 11.5 Å². The molecule has 2 aromatic rings. The first-order chi connectivity index (χ1) is 8.70. The fraction of sp³-hybridized carbons (Fsp3) is 0.364. The van der Waals surface area contributed by atoms with Crippen LogP contribution in [0.1, 0.15) is 28.8 Å². The molecule has 0 aliphatic heterocycles. The second kappa shape index (κ2) is 5.63. The molecule has 2 heterocycles. The number of carbonyl (C=O) groups is 1. The first kappa shape index (κ1) is 12.6. The van der Waals surface area contributed by atoms with Gasteiger partial charge in [0.05, 0.1) is 0 Å².